The fourth-order valence-corrected chi connectivity index (χ4v) is 4.39. The first-order valence-electron chi connectivity index (χ1n) is 6.15. The van der Waals surface area contributed by atoms with Gasteiger partial charge < -0.3 is 0 Å². The van der Waals surface area contributed by atoms with Crippen molar-refractivity contribution in [2.75, 3.05) is 6.54 Å². The SMILES string of the molecule is CC1CCN(S(=O)(=O)c2cnc(Cl)c(Cl)c2)C(C)C1. The zero-order valence-electron chi connectivity index (χ0n) is 10.8. The molecule has 0 aliphatic carbocycles. The van der Waals surface area contributed by atoms with Crippen LogP contribution in [-0.4, -0.2) is 30.3 Å². The number of piperidine rings is 1. The first-order valence-corrected chi connectivity index (χ1v) is 8.35. The van der Waals surface area contributed by atoms with Gasteiger partial charge in [-0.15, -0.1) is 0 Å². The third-order valence-electron chi connectivity index (χ3n) is 3.46. The van der Waals surface area contributed by atoms with Gasteiger partial charge in [0.25, 0.3) is 0 Å². The van der Waals surface area contributed by atoms with Crippen LogP contribution < -0.4 is 0 Å². The van der Waals surface area contributed by atoms with Gasteiger partial charge in [0.1, 0.15) is 10.0 Å². The largest absolute Gasteiger partial charge is 0.244 e. The van der Waals surface area contributed by atoms with Gasteiger partial charge in [-0.2, -0.15) is 4.31 Å². The Bertz CT molecular complexity index is 577. The van der Waals surface area contributed by atoms with Crippen LogP contribution in [0.25, 0.3) is 0 Å². The van der Waals surface area contributed by atoms with Gasteiger partial charge in [0, 0.05) is 18.8 Å². The standard InChI is InChI=1S/C12H16Cl2N2O2S/c1-8-3-4-16(9(2)5-8)19(17,18)10-6-11(13)12(14)15-7-10/h6-9H,3-5H2,1-2H3. The molecule has 4 nitrogen and oxygen atoms in total. The average Bonchev–Trinajstić information content (AvgIpc) is 2.32. The van der Waals surface area contributed by atoms with Crippen molar-refractivity contribution >= 4 is 33.2 Å². The molecule has 0 bridgehead atoms. The molecule has 1 saturated heterocycles. The third kappa shape index (κ3) is 3.05. The summed E-state index contributed by atoms with van der Waals surface area (Å²) in [6.07, 6.45) is 3.00. The lowest BCUT2D eigenvalue weighted by Crippen LogP contribution is -2.44. The van der Waals surface area contributed by atoms with E-state index in [-0.39, 0.29) is 21.1 Å². The highest BCUT2D eigenvalue weighted by molar-refractivity contribution is 7.89. The first kappa shape index (κ1) is 15.0. The summed E-state index contributed by atoms with van der Waals surface area (Å²) in [5.74, 6) is 0.549. The monoisotopic (exact) mass is 322 g/mol. The Morgan fingerprint density at radius 1 is 1.37 bits per heavy atom. The molecule has 0 saturated carbocycles. The molecule has 19 heavy (non-hydrogen) atoms. The molecule has 7 heteroatoms. The molecule has 106 valence electrons. The fourth-order valence-electron chi connectivity index (χ4n) is 2.42. The molecule has 1 fully saturated rings. The summed E-state index contributed by atoms with van der Waals surface area (Å²) in [5, 5.41) is 0.265. The van der Waals surface area contributed by atoms with E-state index in [1.54, 1.807) is 0 Å². The van der Waals surface area contributed by atoms with Gasteiger partial charge in [0.2, 0.25) is 10.0 Å². The summed E-state index contributed by atoms with van der Waals surface area (Å²) < 4.78 is 26.6. The number of sulfonamides is 1. The zero-order chi connectivity index (χ0) is 14.2. The maximum atomic E-state index is 12.6. The Morgan fingerprint density at radius 2 is 2.05 bits per heavy atom. The molecule has 0 aromatic carbocycles. The van der Waals surface area contributed by atoms with E-state index in [9.17, 15) is 8.42 Å². The van der Waals surface area contributed by atoms with E-state index in [1.165, 1.54) is 16.6 Å². The molecule has 0 spiro atoms. The molecular formula is C12H16Cl2N2O2S. The number of rotatable bonds is 2. The van der Waals surface area contributed by atoms with Gasteiger partial charge in [-0.3, -0.25) is 0 Å². The van der Waals surface area contributed by atoms with Crippen molar-refractivity contribution in [3.05, 3.63) is 22.4 Å². The Balaban J connectivity index is 2.34. The lowest BCUT2D eigenvalue weighted by atomic mass is 9.95. The second kappa shape index (κ2) is 5.56. The lowest BCUT2D eigenvalue weighted by molar-refractivity contribution is 0.220. The van der Waals surface area contributed by atoms with Crippen LogP contribution >= 0.6 is 23.2 Å². The van der Waals surface area contributed by atoms with Crippen LogP contribution in [0.3, 0.4) is 0 Å². The molecule has 2 unspecified atom stereocenters. The molecule has 0 radical (unpaired) electrons. The summed E-state index contributed by atoms with van der Waals surface area (Å²) in [7, 11) is -3.55. The normalized spacial score (nSPS) is 25.5. The summed E-state index contributed by atoms with van der Waals surface area (Å²) in [6.45, 7) is 4.60. The minimum absolute atomic E-state index is 0.0109. The van der Waals surface area contributed by atoms with Crippen molar-refractivity contribution in [1.82, 2.24) is 9.29 Å². The summed E-state index contributed by atoms with van der Waals surface area (Å²) in [6, 6.07) is 1.35. The van der Waals surface area contributed by atoms with Gasteiger partial charge in [-0.1, -0.05) is 30.1 Å². The maximum Gasteiger partial charge on any atom is 0.244 e. The maximum absolute atomic E-state index is 12.6. The Morgan fingerprint density at radius 3 is 2.63 bits per heavy atom. The molecule has 0 N–H and O–H groups in total. The van der Waals surface area contributed by atoms with E-state index in [1.807, 2.05) is 6.92 Å². The van der Waals surface area contributed by atoms with Crippen LogP contribution in [0.4, 0.5) is 0 Å². The van der Waals surface area contributed by atoms with Crippen LogP contribution in [0, 0.1) is 5.92 Å². The third-order valence-corrected chi connectivity index (χ3v) is 6.12. The number of aromatic nitrogens is 1. The Hall–Kier alpha value is -0.360. The molecule has 2 rings (SSSR count). The molecule has 1 aliphatic rings. The minimum atomic E-state index is -3.55. The van der Waals surface area contributed by atoms with Crippen molar-refractivity contribution in [3.8, 4) is 0 Å². The van der Waals surface area contributed by atoms with Crippen molar-refractivity contribution in [2.24, 2.45) is 5.92 Å². The molecule has 1 aromatic rings. The van der Waals surface area contributed by atoms with E-state index >= 15 is 0 Å². The highest BCUT2D eigenvalue weighted by atomic mass is 35.5. The quantitative estimate of drug-likeness (QED) is 0.785. The molecule has 1 aromatic heterocycles. The van der Waals surface area contributed by atoms with Crippen LogP contribution in [0.2, 0.25) is 10.2 Å². The van der Waals surface area contributed by atoms with Crippen LogP contribution in [0.1, 0.15) is 26.7 Å². The van der Waals surface area contributed by atoms with Crippen LogP contribution in [0.15, 0.2) is 17.2 Å². The minimum Gasteiger partial charge on any atom is -0.242 e. The molecule has 2 atom stereocenters. The predicted molar refractivity (Wildman–Crippen MR) is 76.0 cm³/mol. The van der Waals surface area contributed by atoms with Crippen molar-refractivity contribution in [1.29, 1.82) is 0 Å². The van der Waals surface area contributed by atoms with Crippen molar-refractivity contribution in [2.45, 2.75) is 37.6 Å². The topological polar surface area (TPSA) is 50.3 Å². The smallest absolute Gasteiger partial charge is 0.242 e. The molecule has 0 amide bonds. The molecular weight excluding hydrogens is 307 g/mol. The summed E-state index contributed by atoms with van der Waals surface area (Å²) in [4.78, 5) is 3.91. The predicted octanol–water partition coefficient (Wildman–Crippen LogP) is 3.20. The van der Waals surface area contributed by atoms with Crippen LogP contribution in [0.5, 0.6) is 0 Å². The van der Waals surface area contributed by atoms with Gasteiger partial charge >= 0.3 is 0 Å². The number of hydrogen-bond donors (Lipinski definition) is 0. The van der Waals surface area contributed by atoms with E-state index < -0.39 is 10.0 Å². The van der Waals surface area contributed by atoms with E-state index in [0.29, 0.717) is 12.5 Å². The van der Waals surface area contributed by atoms with Gasteiger partial charge in [-0.25, -0.2) is 13.4 Å². The average molecular weight is 323 g/mol. The number of nitrogens with zero attached hydrogens (tertiary/aromatic N) is 2. The Labute approximate surface area is 123 Å². The van der Waals surface area contributed by atoms with Crippen molar-refractivity contribution < 1.29 is 8.42 Å². The molecule has 1 aliphatic heterocycles. The second-order valence-corrected chi connectivity index (χ2v) is 7.69. The highest BCUT2D eigenvalue weighted by Gasteiger charge is 2.33. The zero-order valence-corrected chi connectivity index (χ0v) is 13.1. The molecule has 2 heterocycles. The number of pyridine rings is 1. The number of hydrogen-bond acceptors (Lipinski definition) is 3. The van der Waals surface area contributed by atoms with E-state index in [2.05, 4.69) is 11.9 Å². The Kier molecular flexibility index (Phi) is 4.40. The van der Waals surface area contributed by atoms with Gasteiger partial charge in [0.15, 0.2) is 0 Å². The second-order valence-electron chi connectivity index (χ2n) is 5.04. The van der Waals surface area contributed by atoms with Gasteiger partial charge in [-0.05, 0) is 31.7 Å². The van der Waals surface area contributed by atoms with E-state index in [4.69, 9.17) is 23.2 Å². The summed E-state index contributed by atoms with van der Waals surface area (Å²) >= 11 is 11.6. The highest BCUT2D eigenvalue weighted by Crippen LogP contribution is 2.30. The van der Waals surface area contributed by atoms with Gasteiger partial charge in [0.05, 0.1) is 5.02 Å². The van der Waals surface area contributed by atoms with Crippen molar-refractivity contribution in [3.63, 3.8) is 0 Å². The van der Waals surface area contributed by atoms with Crippen LogP contribution in [-0.2, 0) is 10.0 Å². The fraction of sp³-hybridized carbons (Fsp3) is 0.583. The van der Waals surface area contributed by atoms with E-state index in [0.717, 1.165) is 12.8 Å². The summed E-state index contributed by atoms with van der Waals surface area (Å²) in [5.41, 5.74) is 0. The first-order chi connectivity index (χ1) is 8.82. The number of halogens is 2. The lowest BCUT2D eigenvalue weighted by Gasteiger charge is -2.35.